The van der Waals surface area contributed by atoms with Crippen LogP contribution in [0.3, 0.4) is 0 Å². The van der Waals surface area contributed by atoms with Crippen LogP contribution < -0.4 is 0 Å². The molecule has 0 saturated carbocycles. The summed E-state index contributed by atoms with van der Waals surface area (Å²) in [4.78, 5) is 30.3. The third-order valence-corrected chi connectivity index (χ3v) is 4.98. The van der Waals surface area contributed by atoms with Gasteiger partial charge in [-0.2, -0.15) is 0 Å². The van der Waals surface area contributed by atoms with Gasteiger partial charge in [-0.3, -0.25) is 9.48 Å². The molecule has 146 valence electrons. The van der Waals surface area contributed by atoms with Gasteiger partial charge >= 0.3 is 5.97 Å². The number of carbonyl (C=O) groups excluding carboxylic acids is 1. The van der Waals surface area contributed by atoms with Crippen LogP contribution in [0.1, 0.15) is 45.1 Å². The van der Waals surface area contributed by atoms with E-state index in [0.717, 1.165) is 12.8 Å². The van der Waals surface area contributed by atoms with Crippen molar-refractivity contribution in [2.75, 3.05) is 13.1 Å². The first-order chi connectivity index (χ1) is 13.4. The van der Waals surface area contributed by atoms with Crippen LogP contribution in [0.15, 0.2) is 16.8 Å². The number of carboxylic acids is 1. The van der Waals surface area contributed by atoms with Crippen LogP contribution in [0.2, 0.25) is 0 Å². The number of aromatic carboxylic acids is 1. The fourth-order valence-corrected chi connectivity index (χ4v) is 3.71. The van der Waals surface area contributed by atoms with E-state index < -0.39 is 5.97 Å². The number of aromatic nitrogens is 5. The summed E-state index contributed by atoms with van der Waals surface area (Å²) in [5.74, 6) is -1.01. The number of nitrogens with zero attached hydrogens (tertiary/aromatic N) is 6. The number of amides is 1. The lowest BCUT2D eigenvalue weighted by Crippen LogP contribution is -2.41. The summed E-state index contributed by atoms with van der Waals surface area (Å²) in [6, 6.07) is 1.77. The minimum Gasteiger partial charge on any atom is -0.476 e. The Hall–Kier alpha value is -3.30. The van der Waals surface area contributed by atoms with Crippen molar-refractivity contribution in [3.63, 3.8) is 0 Å². The number of rotatable bonds is 4. The van der Waals surface area contributed by atoms with Gasteiger partial charge in [0.15, 0.2) is 5.69 Å². The maximum Gasteiger partial charge on any atom is 0.358 e. The summed E-state index contributed by atoms with van der Waals surface area (Å²) in [7, 11) is 0. The largest absolute Gasteiger partial charge is 0.476 e. The van der Waals surface area contributed by atoms with Crippen LogP contribution in [0.5, 0.6) is 0 Å². The Morgan fingerprint density at radius 2 is 2.18 bits per heavy atom. The van der Waals surface area contributed by atoms with Crippen molar-refractivity contribution in [3.05, 3.63) is 34.9 Å². The van der Waals surface area contributed by atoms with Crippen LogP contribution in [-0.4, -0.2) is 60.1 Å². The molecule has 1 aliphatic rings. The third-order valence-electron chi connectivity index (χ3n) is 4.98. The molecule has 0 unspecified atom stereocenters. The molecule has 1 saturated heterocycles. The number of fused-ring (bicyclic) bond motifs is 1. The van der Waals surface area contributed by atoms with E-state index in [2.05, 4.69) is 20.5 Å². The smallest absolute Gasteiger partial charge is 0.358 e. The number of likely N-dealkylation sites (tertiary alicyclic amines) is 1. The highest BCUT2D eigenvalue weighted by Crippen LogP contribution is 2.26. The van der Waals surface area contributed by atoms with E-state index in [-0.39, 0.29) is 17.5 Å². The highest BCUT2D eigenvalue weighted by Gasteiger charge is 2.28. The number of hydrogen-bond donors (Lipinski definition) is 1. The maximum absolute atomic E-state index is 13.2. The summed E-state index contributed by atoms with van der Waals surface area (Å²) in [5, 5.41) is 21.1. The SMILES string of the molecule is Cc1cc(C(=O)N2CCC[C@@H](Cn3cc(C(=O)O)nn3)C2)c2c(C)noc2n1. The van der Waals surface area contributed by atoms with E-state index in [1.54, 1.807) is 13.0 Å². The van der Waals surface area contributed by atoms with Crippen LogP contribution in [0.4, 0.5) is 0 Å². The molecular formula is C18H20N6O4. The first kappa shape index (κ1) is 18.1. The third kappa shape index (κ3) is 3.32. The van der Waals surface area contributed by atoms with Gasteiger partial charge in [0.2, 0.25) is 0 Å². The molecule has 3 aromatic rings. The number of piperidine rings is 1. The summed E-state index contributed by atoms with van der Waals surface area (Å²) < 4.78 is 6.76. The van der Waals surface area contributed by atoms with Crippen LogP contribution >= 0.6 is 0 Å². The Morgan fingerprint density at radius 1 is 1.36 bits per heavy atom. The second-order valence-corrected chi connectivity index (χ2v) is 7.15. The lowest BCUT2D eigenvalue weighted by atomic mass is 9.97. The Morgan fingerprint density at radius 3 is 2.93 bits per heavy atom. The molecule has 0 radical (unpaired) electrons. The molecule has 4 rings (SSSR count). The van der Waals surface area contributed by atoms with E-state index in [1.807, 2.05) is 11.8 Å². The van der Waals surface area contributed by atoms with E-state index >= 15 is 0 Å². The Balaban J connectivity index is 1.54. The van der Waals surface area contributed by atoms with Gasteiger partial charge in [-0.1, -0.05) is 10.4 Å². The maximum atomic E-state index is 13.2. The van der Waals surface area contributed by atoms with Gasteiger partial charge in [0.05, 0.1) is 22.8 Å². The fraction of sp³-hybridized carbons (Fsp3) is 0.444. The van der Waals surface area contributed by atoms with Crippen molar-refractivity contribution in [1.82, 2.24) is 30.0 Å². The second kappa shape index (κ2) is 7.02. The topological polar surface area (TPSA) is 127 Å². The fourth-order valence-electron chi connectivity index (χ4n) is 3.71. The first-order valence-electron chi connectivity index (χ1n) is 9.08. The normalized spacial score (nSPS) is 17.2. The number of hydrogen-bond acceptors (Lipinski definition) is 7. The van der Waals surface area contributed by atoms with Gasteiger partial charge < -0.3 is 14.5 Å². The predicted octanol–water partition coefficient (Wildman–Crippen LogP) is 1.68. The zero-order valence-electron chi connectivity index (χ0n) is 15.6. The van der Waals surface area contributed by atoms with E-state index in [0.29, 0.717) is 47.7 Å². The quantitative estimate of drug-likeness (QED) is 0.720. The van der Waals surface area contributed by atoms with Crippen LogP contribution in [-0.2, 0) is 6.54 Å². The van der Waals surface area contributed by atoms with Gasteiger partial charge in [0.25, 0.3) is 11.6 Å². The molecule has 10 nitrogen and oxygen atoms in total. The molecule has 1 fully saturated rings. The molecule has 3 aromatic heterocycles. The number of carboxylic acid groups (broad SMARTS) is 1. The molecule has 4 heterocycles. The van der Waals surface area contributed by atoms with E-state index in [4.69, 9.17) is 9.63 Å². The first-order valence-corrected chi connectivity index (χ1v) is 9.08. The van der Waals surface area contributed by atoms with Gasteiger partial charge in [0.1, 0.15) is 0 Å². The summed E-state index contributed by atoms with van der Waals surface area (Å²) in [6.45, 7) is 5.36. The molecule has 0 aliphatic carbocycles. The van der Waals surface area contributed by atoms with Crippen molar-refractivity contribution < 1.29 is 19.2 Å². The lowest BCUT2D eigenvalue weighted by molar-refractivity contribution is 0.0660. The molecule has 0 aromatic carbocycles. The minimum atomic E-state index is -1.10. The molecular weight excluding hydrogens is 364 g/mol. The van der Waals surface area contributed by atoms with E-state index in [9.17, 15) is 9.59 Å². The molecule has 1 amide bonds. The van der Waals surface area contributed by atoms with Gasteiger partial charge in [-0.25, -0.2) is 9.78 Å². The van der Waals surface area contributed by atoms with Crippen LogP contribution in [0.25, 0.3) is 11.1 Å². The average Bonchev–Trinajstić information content (AvgIpc) is 3.28. The number of carbonyl (C=O) groups is 2. The van der Waals surface area contributed by atoms with Crippen molar-refractivity contribution in [3.8, 4) is 0 Å². The Kier molecular flexibility index (Phi) is 4.54. The van der Waals surface area contributed by atoms with Gasteiger partial charge in [-0.15, -0.1) is 5.10 Å². The van der Waals surface area contributed by atoms with Gasteiger partial charge in [0, 0.05) is 25.3 Å². The second-order valence-electron chi connectivity index (χ2n) is 7.15. The number of aryl methyl sites for hydroxylation is 2. The summed E-state index contributed by atoms with van der Waals surface area (Å²) >= 11 is 0. The number of pyridine rings is 1. The highest BCUT2D eigenvalue weighted by molar-refractivity contribution is 6.06. The molecule has 1 atom stereocenters. The van der Waals surface area contributed by atoms with Crippen molar-refractivity contribution in [2.45, 2.75) is 33.2 Å². The van der Waals surface area contributed by atoms with Crippen molar-refractivity contribution >= 4 is 23.0 Å². The Labute approximate surface area is 160 Å². The van der Waals surface area contributed by atoms with Crippen molar-refractivity contribution in [1.29, 1.82) is 0 Å². The average molecular weight is 384 g/mol. The molecule has 1 aliphatic heterocycles. The summed E-state index contributed by atoms with van der Waals surface area (Å²) in [5.41, 5.74) is 2.18. The molecule has 0 spiro atoms. The molecule has 28 heavy (non-hydrogen) atoms. The van der Waals surface area contributed by atoms with Crippen molar-refractivity contribution in [2.24, 2.45) is 5.92 Å². The monoisotopic (exact) mass is 384 g/mol. The zero-order chi connectivity index (χ0) is 19.8. The molecule has 10 heteroatoms. The van der Waals surface area contributed by atoms with E-state index in [1.165, 1.54) is 10.9 Å². The minimum absolute atomic E-state index is 0.0729. The standard InChI is InChI=1S/C18H20N6O4/c1-10-6-13(15-11(2)21-28-16(15)19-10)17(25)23-5-3-4-12(7-23)8-24-9-14(18(26)27)20-22-24/h6,9,12H,3-5,7-8H2,1-2H3,(H,26,27)/t12-/m1/s1. The Bertz CT molecular complexity index is 1060. The predicted molar refractivity (Wildman–Crippen MR) is 96.9 cm³/mol. The summed E-state index contributed by atoms with van der Waals surface area (Å²) in [6.07, 6.45) is 3.22. The molecule has 1 N–H and O–H groups in total. The highest BCUT2D eigenvalue weighted by atomic mass is 16.5. The molecule has 0 bridgehead atoms. The van der Waals surface area contributed by atoms with Crippen LogP contribution in [0, 0.1) is 19.8 Å². The lowest BCUT2D eigenvalue weighted by Gasteiger charge is -2.32. The zero-order valence-corrected chi connectivity index (χ0v) is 15.6. The van der Waals surface area contributed by atoms with Gasteiger partial charge in [-0.05, 0) is 38.7 Å².